The molecule has 3 rings (SSSR count). The third-order valence-electron chi connectivity index (χ3n) is 4.71. The number of hydrogen-bond acceptors (Lipinski definition) is 3. The Hall–Kier alpha value is -0.890. The highest BCUT2D eigenvalue weighted by Gasteiger charge is 2.29. The molecule has 0 spiro atoms. The molecule has 2 aliphatic heterocycles. The fourth-order valence-electron chi connectivity index (χ4n) is 3.21. The number of thioether (sulfide) groups is 1. The maximum absolute atomic E-state index is 4.36. The van der Waals surface area contributed by atoms with Crippen LogP contribution in [-0.4, -0.2) is 43.1 Å². The molecular weight excluding hydrogens is 443 g/mol. The zero-order chi connectivity index (χ0) is 16.8. The Morgan fingerprint density at radius 2 is 2.08 bits per heavy atom. The molecule has 25 heavy (non-hydrogen) atoms. The highest BCUT2D eigenvalue weighted by atomic mass is 127. The van der Waals surface area contributed by atoms with Gasteiger partial charge < -0.3 is 15.5 Å². The van der Waals surface area contributed by atoms with Crippen LogP contribution < -0.4 is 15.5 Å². The van der Waals surface area contributed by atoms with Crippen molar-refractivity contribution >= 4 is 47.4 Å². The molecule has 0 saturated carbocycles. The number of nitrogens with one attached hydrogen (secondary N) is 2. The second-order valence-electron chi connectivity index (χ2n) is 6.73. The van der Waals surface area contributed by atoms with Crippen LogP contribution >= 0.6 is 35.7 Å². The maximum Gasteiger partial charge on any atom is 0.191 e. The molecule has 1 unspecified atom stereocenters. The van der Waals surface area contributed by atoms with Gasteiger partial charge in [0.25, 0.3) is 0 Å². The normalized spacial score (nSPS) is 22.8. The number of hydrogen-bond donors (Lipinski definition) is 2. The van der Waals surface area contributed by atoms with E-state index in [2.05, 4.69) is 75.6 Å². The summed E-state index contributed by atoms with van der Waals surface area (Å²) in [6.45, 7) is 6.13. The number of anilines is 1. The van der Waals surface area contributed by atoms with Crippen LogP contribution in [0.5, 0.6) is 0 Å². The summed E-state index contributed by atoms with van der Waals surface area (Å²) in [6.07, 6.45) is 7.05. The minimum absolute atomic E-state index is 0. The van der Waals surface area contributed by atoms with E-state index >= 15 is 0 Å². The van der Waals surface area contributed by atoms with Crippen LogP contribution in [0.2, 0.25) is 0 Å². The van der Waals surface area contributed by atoms with E-state index in [4.69, 9.17) is 0 Å². The number of aliphatic imine (C=N–C) groups is 1. The molecule has 4 nitrogen and oxygen atoms in total. The number of guanidine groups is 1. The van der Waals surface area contributed by atoms with Crippen molar-refractivity contribution in [2.45, 2.75) is 31.1 Å². The molecule has 0 bridgehead atoms. The highest BCUT2D eigenvalue weighted by molar-refractivity contribution is 14.0. The molecule has 0 radical (unpaired) electrons. The second kappa shape index (κ2) is 9.71. The number of nitrogens with zero attached hydrogens (tertiary/aromatic N) is 2. The first kappa shape index (κ1) is 20.4. The molecule has 1 fully saturated rings. The monoisotopic (exact) mass is 472 g/mol. The molecule has 6 heteroatoms. The predicted octanol–water partition coefficient (Wildman–Crippen LogP) is 3.63. The van der Waals surface area contributed by atoms with Gasteiger partial charge >= 0.3 is 0 Å². The van der Waals surface area contributed by atoms with E-state index in [9.17, 15) is 0 Å². The number of halogens is 1. The third-order valence-corrected chi connectivity index (χ3v) is 6.25. The van der Waals surface area contributed by atoms with Crippen molar-refractivity contribution < 1.29 is 0 Å². The van der Waals surface area contributed by atoms with E-state index < -0.39 is 0 Å². The van der Waals surface area contributed by atoms with Gasteiger partial charge in [-0.1, -0.05) is 24.3 Å². The van der Waals surface area contributed by atoms with Crippen molar-refractivity contribution in [1.29, 1.82) is 0 Å². The lowest BCUT2D eigenvalue weighted by molar-refractivity contribution is 0.584. The maximum atomic E-state index is 4.36. The number of benzene rings is 1. The van der Waals surface area contributed by atoms with Crippen molar-refractivity contribution in [1.82, 2.24) is 10.6 Å². The van der Waals surface area contributed by atoms with E-state index in [1.54, 1.807) is 0 Å². The lowest BCUT2D eigenvalue weighted by atomic mass is 10.1. The molecule has 2 heterocycles. The molecule has 0 amide bonds. The van der Waals surface area contributed by atoms with Crippen LogP contribution in [0, 0.1) is 0 Å². The summed E-state index contributed by atoms with van der Waals surface area (Å²) in [4.78, 5) is 6.73. The SMILES string of the molecule is CN=C(NCc1cccc(N2CC=CC2)c1)NCC1(C)CCCS1.I. The van der Waals surface area contributed by atoms with Gasteiger partial charge in [-0.2, -0.15) is 11.8 Å². The predicted molar refractivity (Wildman–Crippen MR) is 122 cm³/mol. The number of rotatable bonds is 5. The molecule has 0 aliphatic carbocycles. The van der Waals surface area contributed by atoms with Gasteiger partial charge in [0, 0.05) is 43.7 Å². The molecule has 2 aliphatic rings. The average molecular weight is 472 g/mol. The topological polar surface area (TPSA) is 39.7 Å². The molecular formula is C19H29IN4S. The highest BCUT2D eigenvalue weighted by Crippen LogP contribution is 2.36. The van der Waals surface area contributed by atoms with Crippen LogP contribution in [0.3, 0.4) is 0 Å². The minimum atomic E-state index is 0. The minimum Gasteiger partial charge on any atom is -0.364 e. The summed E-state index contributed by atoms with van der Waals surface area (Å²) in [7, 11) is 1.84. The van der Waals surface area contributed by atoms with Crippen molar-refractivity contribution in [3.63, 3.8) is 0 Å². The van der Waals surface area contributed by atoms with Crippen molar-refractivity contribution in [2.24, 2.45) is 4.99 Å². The van der Waals surface area contributed by atoms with Crippen LogP contribution in [0.1, 0.15) is 25.3 Å². The summed E-state index contributed by atoms with van der Waals surface area (Å²) < 4.78 is 0.348. The van der Waals surface area contributed by atoms with E-state index in [0.29, 0.717) is 4.75 Å². The zero-order valence-electron chi connectivity index (χ0n) is 15.1. The van der Waals surface area contributed by atoms with Gasteiger partial charge in [-0.15, -0.1) is 24.0 Å². The molecule has 138 valence electrons. The summed E-state index contributed by atoms with van der Waals surface area (Å²) in [6, 6.07) is 8.75. The molecule has 1 saturated heterocycles. The first-order chi connectivity index (χ1) is 11.7. The van der Waals surface area contributed by atoms with Crippen LogP contribution in [-0.2, 0) is 6.54 Å². The first-order valence-electron chi connectivity index (χ1n) is 8.76. The Morgan fingerprint density at radius 1 is 1.28 bits per heavy atom. The third kappa shape index (κ3) is 5.81. The Labute approximate surface area is 172 Å². The average Bonchev–Trinajstić information content (AvgIpc) is 3.27. The summed E-state index contributed by atoms with van der Waals surface area (Å²) >= 11 is 2.07. The Balaban J connectivity index is 0.00000225. The quantitative estimate of drug-likeness (QED) is 0.297. The second-order valence-corrected chi connectivity index (χ2v) is 8.41. The smallest absolute Gasteiger partial charge is 0.191 e. The van der Waals surface area contributed by atoms with Gasteiger partial charge in [-0.3, -0.25) is 4.99 Å². The summed E-state index contributed by atoms with van der Waals surface area (Å²) in [5.74, 6) is 2.17. The first-order valence-corrected chi connectivity index (χ1v) is 9.74. The molecule has 1 aromatic carbocycles. The van der Waals surface area contributed by atoms with Crippen LogP contribution in [0.4, 0.5) is 5.69 Å². The Morgan fingerprint density at radius 3 is 2.76 bits per heavy atom. The lowest BCUT2D eigenvalue weighted by Gasteiger charge is -2.24. The zero-order valence-corrected chi connectivity index (χ0v) is 18.3. The van der Waals surface area contributed by atoms with Gasteiger partial charge in [-0.05, 0) is 43.2 Å². The van der Waals surface area contributed by atoms with E-state index in [1.165, 1.54) is 29.8 Å². The standard InChI is InChI=1S/C19H28N4S.HI/c1-19(9-6-12-24-19)15-22-18(20-2)21-14-16-7-5-8-17(13-16)23-10-3-4-11-23;/h3-5,7-8,13H,6,9-12,14-15H2,1-2H3,(H2,20,21,22);1H. The molecule has 2 N–H and O–H groups in total. The largest absolute Gasteiger partial charge is 0.364 e. The van der Waals surface area contributed by atoms with Crippen LogP contribution in [0.15, 0.2) is 41.4 Å². The van der Waals surface area contributed by atoms with Gasteiger partial charge in [-0.25, -0.2) is 0 Å². The van der Waals surface area contributed by atoms with Gasteiger partial charge in [0.05, 0.1) is 0 Å². The van der Waals surface area contributed by atoms with Crippen molar-refractivity contribution in [3.05, 3.63) is 42.0 Å². The fourth-order valence-corrected chi connectivity index (χ4v) is 4.45. The molecule has 1 atom stereocenters. The van der Waals surface area contributed by atoms with Crippen LogP contribution in [0.25, 0.3) is 0 Å². The summed E-state index contributed by atoms with van der Waals surface area (Å²) in [5.41, 5.74) is 2.57. The van der Waals surface area contributed by atoms with E-state index in [0.717, 1.165) is 32.1 Å². The lowest BCUT2D eigenvalue weighted by Crippen LogP contribution is -2.43. The fraction of sp³-hybridized carbons (Fsp3) is 0.526. The summed E-state index contributed by atoms with van der Waals surface area (Å²) in [5, 5.41) is 6.93. The van der Waals surface area contributed by atoms with Gasteiger partial charge in [0.2, 0.25) is 0 Å². The van der Waals surface area contributed by atoms with Crippen molar-refractivity contribution in [3.8, 4) is 0 Å². The van der Waals surface area contributed by atoms with Gasteiger partial charge in [0.1, 0.15) is 0 Å². The van der Waals surface area contributed by atoms with Crippen molar-refractivity contribution in [2.75, 3.05) is 37.3 Å². The van der Waals surface area contributed by atoms with E-state index in [-0.39, 0.29) is 24.0 Å². The van der Waals surface area contributed by atoms with Gasteiger partial charge in [0.15, 0.2) is 5.96 Å². The molecule has 1 aromatic rings. The molecule has 0 aromatic heterocycles. The Bertz CT molecular complexity index is 603. The van der Waals surface area contributed by atoms with E-state index in [1.807, 2.05) is 7.05 Å². The Kier molecular flexibility index (Phi) is 7.93.